The van der Waals surface area contributed by atoms with Crippen molar-refractivity contribution in [3.8, 4) is 16.1 Å². The Labute approximate surface area is 415 Å². The molecule has 13 nitrogen and oxygen atoms in total. The van der Waals surface area contributed by atoms with Crippen molar-refractivity contribution in [2.45, 2.75) is 140 Å². The molecule has 2 saturated carbocycles. The van der Waals surface area contributed by atoms with E-state index in [4.69, 9.17) is 10.1 Å². The summed E-state index contributed by atoms with van der Waals surface area (Å²) >= 11 is 5.27. The Morgan fingerprint density at radius 2 is 1.75 bits per heavy atom. The zero-order valence-corrected chi connectivity index (χ0v) is 42.7. The first-order chi connectivity index (χ1) is 33.1. The van der Waals surface area contributed by atoms with E-state index in [0.29, 0.717) is 11.3 Å². The number of fused-ring (bicyclic) bond motifs is 7. The van der Waals surface area contributed by atoms with Gasteiger partial charge in [-0.15, -0.1) is 16.4 Å². The fraction of sp³-hybridized carbons (Fsp3) is 0.500. The molecule has 15 heteroatoms. The quantitative estimate of drug-likeness (QED) is 0.137. The number of aliphatic hydroxyl groups excluding tert-OH is 1. The van der Waals surface area contributed by atoms with Crippen LogP contribution in [0.1, 0.15) is 144 Å². The predicted molar refractivity (Wildman–Crippen MR) is 272 cm³/mol. The molecule has 0 radical (unpaired) electrons. The Kier molecular flexibility index (Phi) is 11.8. The molecule has 11 rings (SSSR count). The van der Waals surface area contributed by atoms with Crippen LogP contribution in [0.2, 0.25) is 0 Å². The number of amides is 2. The average Bonchev–Trinajstić information content (AvgIpc) is 3.65. The van der Waals surface area contributed by atoms with Crippen molar-refractivity contribution in [3.63, 3.8) is 0 Å². The van der Waals surface area contributed by atoms with Crippen molar-refractivity contribution >= 4 is 50.0 Å². The molecular weight excluding hydrogens is 951 g/mol. The van der Waals surface area contributed by atoms with Crippen LogP contribution in [0.5, 0.6) is 0 Å². The van der Waals surface area contributed by atoms with Gasteiger partial charge in [0, 0.05) is 35.6 Å². The van der Waals surface area contributed by atoms with Crippen molar-refractivity contribution < 1.29 is 14.7 Å². The molecule has 6 aromatic rings. The summed E-state index contributed by atoms with van der Waals surface area (Å²) in [5, 5.41) is 24.1. The van der Waals surface area contributed by atoms with E-state index in [0.717, 1.165) is 114 Å². The summed E-state index contributed by atoms with van der Waals surface area (Å²) in [6.07, 6.45) is 11.0. The highest BCUT2D eigenvalue weighted by Crippen LogP contribution is 2.53. The van der Waals surface area contributed by atoms with Gasteiger partial charge in [0.2, 0.25) is 11.8 Å². The second kappa shape index (κ2) is 17.6. The maximum atomic E-state index is 14.7. The number of carbonyl (C=O) groups excluding carboxylic acids is 2. The molecule has 1 spiro atoms. The number of hydrogen-bond donors (Lipinski definition) is 2. The highest BCUT2D eigenvalue weighted by atomic mass is 79.9. The largest absolute Gasteiger partial charge is 0.391 e. The normalized spacial score (nSPS) is 21.9. The summed E-state index contributed by atoms with van der Waals surface area (Å²) < 4.78 is 4.81. The second-order valence-corrected chi connectivity index (χ2v) is 23.5. The predicted octanol–water partition coefficient (Wildman–Crippen LogP) is 9.07. The first kappa shape index (κ1) is 46.3. The number of rotatable bonds is 10. The van der Waals surface area contributed by atoms with Crippen LogP contribution in [0.25, 0.3) is 27.0 Å². The minimum absolute atomic E-state index is 0.0783. The van der Waals surface area contributed by atoms with E-state index < -0.39 is 23.6 Å². The Balaban J connectivity index is 0.767. The van der Waals surface area contributed by atoms with Crippen molar-refractivity contribution in [3.05, 3.63) is 121 Å². The lowest BCUT2D eigenvalue weighted by Crippen LogP contribution is -2.50. The van der Waals surface area contributed by atoms with Crippen molar-refractivity contribution in [1.82, 2.24) is 44.6 Å². The highest BCUT2D eigenvalue weighted by Gasteiger charge is 2.51. The van der Waals surface area contributed by atoms with E-state index in [-0.39, 0.29) is 47.2 Å². The van der Waals surface area contributed by atoms with Gasteiger partial charge in [0.25, 0.3) is 5.56 Å². The molecule has 4 fully saturated rings. The summed E-state index contributed by atoms with van der Waals surface area (Å²) in [4.78, 5) is 56.7. The van der Waals surface area contributed by atoms with Crippen molar-refractivity contribution in [2.24, 2.45) is 5.41 Å². The standard InChI is InChI=1S/C54H62BrN9O4S/c1-32(34-12-14-36(15-13-34)46-33(2)56-31-69-46)57-48(66)43-27-38(65)28-62(43)50(68)47(52(3,4)5)63-29-44(59-60-63)53(22-23-53)30-61-24-18-35(19-25-61)37-16-17-39-42(26-37)64-41-11-9-10-40(55)45(41)49(67)58-51(64)54(39)20-7-6-8-21-54/h9-17,26,29,31-32,35,38,43,47,65H,6-8,18-25,27-28,30H2,1-5H3,(H,57,66)/t32-,38+,43-,47+/m0/s1. The topological polar surface area (TPSA) is 151 Å². The SMILES string of the molecule is Cc1ncsc1-c1ccc([C@H](C)NC(=O)[C@@H]2C[C@@H](O)CN2C(=O)[C@@H](n2cc(C3(CN4CCC(c5ccc6c(c5)-n5c(nc(=O)c7c(Br)cccc75)C65CCCCC5)CC4)CC3)nn2)C(C)(C)C)cc1. The molecule has 2 saturated heterocycles. The Hall–Kier alpha value is -5.09. The number of hydrogen-bond acceptors (Lipinski definition) is 10. The number of halogens is 1. The van der Waals surface area contributed by atoms with E-state index in [9.17, 15) is 19.5 Å². The maximum absolute atomic E-state index is 14.7. The molecule has 69 heavy (non-hydrogen) atoms. The van der Waals surface area contributed by atoms with Gasteiger partial charge < -0.3 is 20.2 Å². The fourth-order valence-corrected chi connectivity index (χ4v) is 13.7. The average molecular weight is 1010 g/mol. The molecule has 2 aliphatic carbocycles. The van der Waals surface area contributed by atoms with Crippen molar-refractivity contribution in [2.75, 3.05) is 26.2 Å². The van der Waals surface area contributed by atoms with Gasteiger partial charge in [0.15, 0.2) is 0 Å². The van der Waals surface area contributed by atoms with E-state index in [1.165, 1.54) is 23.2 Å². The zero-order valence-electron chi connectivity index (χ0n) is 40.3. The first-order valence-electron chi connectivity index (χ1n) is 24.9. The summed E-state index contributed by atoms with van der Waals surface area (Å²) in [5.74, 6) is 0.808. The fourth-order valence-electron chi connectivity index (χ4n) is 12.3. The second-order valence-electron chi connectivity index (χ2n) is 21.8. The van der Waals surface area contributed by atoms with Gasteiger partial charge in [-0.25, -0.2) is 9.67 Å². The molecule has 2 N–H and O–H groups in total. The van der Waals surface area contributed by atoms with Crippen LogP contribution >= 0.6 is 27.3 Å². The number of carbonyl (C=O) groups is 2. The summed E-state index contributed by atoms with van der Waals surface area (Å²) in [6, 6.07) is 19.4. The lowest BCUT2D eigenvalue weighted by Gasteiger charge is -2.35. The summed E-state index contributed by atoms with van der Waals surface area (Å²) in [7, 11) is 0. The number of piperidine rings is 1. The minimum Gasteiger partial charge on any atom is -0.391 e. The molecule has 2 amide bonds. The lowest BCUT2D eigenvalue weighted by molar-refractivity contribution is -0.144. The smallest absolute Gasteiger partial charge is 0.281 e. The molecule has 4 atom stereocenters. The minimum atomic E-state index is -0.814. The number of aromatic nitrogens is 6. The number of thiazole rings is 1. The third kappa shape index (κ3) is 8.18. The Bertz CT molecular complexity index is 3010. The number of nitrogens with zero attached hydrogens (tertiary/aromatic N) is 8. The maximum Gasteiger partial charge on any atom is 0.281 e. The zero-order chi connectivity index (χ0) is 48.0. The Morgan fingerprint density at radius 3 is 2.45 bits per heavy atom. The van der Waals surface area contributed by atoms with E-state index in [1.807, 2.05) is 82.7 Å². The number of benzene rings is 3. The summed E-state index contributed by atoms with van der Waals surface area (Å²) in [6.45, 7) is 12.9. The molecule has 360 valence electrons. The molecule has 0 unspecified atom stereocenters. The van der Waals surface area contributed by atoms with Crippen LogP contribution < -0.4 is 10.9 Å². The summed E-state index contributed by atoms with van der Waals surface area (Å²) in [5.41, 5.74) is 9.49. The molecule has 3 aliphatic heterocycles. The van der Waals surface area contributed by atoms with Crippen LogP contribution in [0.3, 0.4) is 0 Å². The van der Waals surface area contributed by atoms with E-state index >= 15 is 0 Å². The molecule has 6 heterocycles. The van der Waals surface area contributed by atoms with Gasteiger partial charge in [0.1, 0.15) is 17.9 Å². The third-order valence-electron chi connectivity index (χ3n) is 16.2. The van der Waals surface area contributed by atoms with Gasteiger partial charge >= 0.3 is 0 Å². The monoisotopic (exact) mass is 1010 g/mol. The lowest BCUT2D eigenvalue weighted by atomic mass is 9.69. The number of nitrogens with one attached hydrogen (secondary N) is 1. The van der Waals surface area contributed by atoms with Gasteiger partial charge in [-0.1, -0.05) is 87.7 Å². The van der Waals surface area contributed by atoms with Crippen LogP contribution in [-0.2, 0) is 20.4 Å². The molecule has 3 aromatic carbocycles. The van der Waals surface area contributed by atoms with Crippen LogP contribution in [0, 0.1) is 12.3 Å². The van der Waals surface area contributed by atoms with Crippen LogP contribution in [0.15, 0.2) is 81.6 Å². The van der Waals surface area contributed by atoms with Gasteiger partial charge in [-0.05, 0) is 133 Å². The third-order valence-corrected chi connectivity index (χ3v) is 17.9. The van der Waals surface area contributed by atoms with E-state index in [2.05, 4.69) is 65.2 Å². The van der Waals surface area contributed by atoms with Crippen LogP contribution in [-0.4, -0.2) is 94.6 Å². The highest BCUT2D eigenvalue weighted by molar-refractivity contribution is 9.10. The van der Waals surface area contributed by atoms with Crippen molar-refractivity contribution in [1.29, 1.82) is 0 Å². The Morgan fingerprint density at radius 1 is 1.00 bits per heavy atom. The molecule has 0 bridgehead atoms. The van der Waals surface area contributed by atoms with Gasteiger partial charge in [0.05, 0.1) is 55.9 Å². The van der Waals surface area contributed by atoms with E-state index in [1.54, 1.807) is 20.9 Å². The van der Waals surface area contributed by atoms with Gasteiger partial charge in [-0.3, -0.25) is 19.0 Å². The number of likely N-dealkylation sites (tertiary alicyclic amines) is 2. The number of aryl methyl sites for hydroxylation is 1. The molecular formula is C54H62BrN9O4S. The first-order valence-corrected chi connectivity index (χ1v) is 26.6. The molecule has 5 aliphatic rings. The molecule has 3 aromatic heterocycles. The number of β-amino-alcohol motifs (C(OH)–C–C–N with tert-alkyl or cyclic N) is 1. The van der Waals surface area contributed by atoms with Crippen LogP contribution in [0.4, 0.5) is 0 Å². The van der Waals surface area contributed by atoms with Gasteiger partial charge in [-0.2, -0.15) is 4.98 Å². The number of aliphatic hydroxyl groups is 1.